The second-order valence-corrected chi connectivity index (χ2v) is 6.10. The van der Waals surface area contributed by atoms with Gasteiger partial charge in [0, 0.05) is 50.0 Å². The van der Waals surface area contributed by atoms with Gasteiger partial charge in [-0.3, -0.25) is 19.6 Å². The third-order valence-electron chi connectivity index (χ3n) is 4.32. The van der Waals surface area contributed by atoms with Crippen LogP contribution in [0.2, 0.25) is 0 Å². The molecule has 24 heavy (non-hydrogen) atoms. The minimum absolute atomic E-state index is 0.0454. The van der Waals surface area contributed by atoms with Crippen LogP contribution in [0.5, 0.6) is 0 Å². The van der Waals surface area contributed by atoms with Crippen molar-refractivity contribution in [2.75, 3.05) is 13.1 Å². The molecule has 2 aromatic heterocycles. The maximum absolute atomic E-state index is 12.7. The molecule has 0 radical (unpaired) electrons. The van der Waals surface area contributed by atoms with E-state index in [-0.39, 0.29) is 23.9 Å². The number of nitrogens with zero attached hydrogens (tertiary/aromatic N) is 4. The lowest BCUT2D eigenvalue weighted by Gasteiger charge is -2.44. The summed E-state index contributed by atoms with van der Waals surface area (Å²) < 4.78 is 0. The highest BCUT2D eigenvalue weighted by Crippen LogP contribution is 2.20. The summed E-state index contributed by atoms with van der Waals surface area (Å²) in [6.07, 6.45) is 6.44. The average molecular weight is 324 g/mol. The SMILES string of the molecule is C[C@@H]1CN(C(=O)c2cccnc2)[C@@H](C)CN1C(=O)c1cccnc1. The maximum atomic E-state index is 12.7. The van der Waals surface area contributed by atoms with Gasteiger partial charge in [-0.25, -0.2) is 0 Å². The predicted molar refractivity (Wildman–Crippen MR) is 89.5 cm³/mol. The van der Waals surface area contributed by atoms with Gasteiger partial charge in [0.05, 0.1) is 11.1 Å². The molecule has 0 spiro atoms. The van der Waals surface area contributed by atoms with Gasteiger partial charge in [-0.2, -0.15) is 0 Å². The van der Waals surface area contributed by atoms with Crippen molar-refractivity contribution in [2.24, 2.45) is 0 Å². The van der Waals surface area contributed by atoms with E-state index in [1.165, 1.54) is 0 Å². The van der Waals surface area contributed by atoms with E-state index < -0.39 is 0 Å². The topological polar surface area (TPSA) is 66.4 Å². The van der Waals surface area contributed by atoms with Crippen molar-refractivity contribution in [3.8, 4) is 0 Å². The van der Waals surface area contributed by atoms with Crippen LogP contribution in [0.4, 0.5) is 0 Å². The number of piperazine rings is 1. The Morgan fingerprint density at radius 3 is 1.62 bits per heavy atom. The van der Waals surface area contributed by atoms with Gasteiger partial charge in [0.15, 0.2) is 0 Å². The molecule has 0 aliphatic carbocycles. The molecule has 3 rings (SSSR count). The monoisotopic (exact) mass is 324 g/mol. The molecule has 0 aromatic carbocycles. The fraction of sp³-hybridized carbons (Fsp3) is 0.333. The first kappa shape index (κ1) is 16.1. The summed E-state index contributed by atoms with van der Waals surface area (Å²) in [4.78, 5) is 37.0. The largest absolute Gasteiger partial charge is 0.332 e. The summed E-state index contributed by atoms with van der Waals surface area (Å²) in [5, 5.41) is 0. The molecule has 2 amide bonds. The summed E-state index contributed by atoms with van der Waals surface area (Å²) >= 11 is 0. The molecule has 1 aliphatic heterocycles. The van der Waals surface area contributed by atoms with Crippen molar-refractivity contribution in [1.29, 1.82) is 0 Å². The summed E-state index contributed by atoms with van der Waals surface area (Å²) in [6, 6.07) is 6.91. The maximum Gasteiger partial charge on any atom is 0.255 e. The lowest BCUT2D eigenvalue weighted by atomic mass is 10.1. The lowest BCUT2D eigenvalue weighted by Crippen LogP contribution is -2.59. The Kier molecular flexibility index (Phi) is 4.55. The normalized spacial score (nSPS) is 20.8. The molecule has 2 aromatic rings. The van der Waals surface area contributed by atoms with Gasteiger partial charge in [-0.05, 0) is 38.1 Å². The number of pyridine rings is 2. The standard InChI is InChI=1S/C18H20N4O2/c1-13-11-22(18(24)16-6-4-8-20-10-16)14(2)12-21(13)17(23)15-5-3-7-19-9-15/h3-10,13-14H,11-12H2,1-2H3/t13-,14+. The van der Waals surface area contributed by atoms with Crippen LogP contribution in [0.3, 0.4) is 0 Å². The number of hydrogen-bond acceptors (Lipinski definition) is 4. The van der Waals surface area contributed by atoms with Crippen LogP contribution in [-0.2, 0) is 0 Å². The molecule has 0 bridgehead atoms. The second kappa shape index (κ2) is 6.78. The van der Waals surface area contributed by atoms with Crippen molar-refractivity contribution >= 4 is 11.8 Å². The highest BCUT2D eigenvalue weighted by Gasteiger charge is 2.35. The van der Waals surface area contributed by atoms with Gasteiger partial charge in [0.1, 0.15) is 0 Å². The van der Waals surface area contributed by atoms with E-state index in [0.717, 1.165) is 0 Å². The van der Waals surface area contributed by atoms with Crippen molar-refractivity contribution in [2.45, 2.75) is 25.9 Å². The van der Waals surface area contributed by atoms with Crippen LogP contribution in [0, 0.1) is 0 Å². The number of carbonyl (C=O) groups excluding carboxylic acids is 2. The predicted octanol–water partition coefficient (Wildman–Crippen LogP) is 1.85. The molecule has 2 atom stereocenters. The Hall–Kier alpha value is -2.76. The van der Waals surface area contributed by atoms with E-state index in [0.29, 0.717) is 24.2 Å². The molecule has 1 aliphatic rings. The number of carbonyl (C=O) groups is 2. The highest BCUT2D eigenvalue weighted by atomic mass is 16.2. The summed E-state index contributed by atoms with van der Waals surface area (Å²) in [7, 11) is 0. The number of rotatable bonds is 2. The summed E-state index contributed by atoms with van der Waals surface area (Å²) in [5.74, 6) is -0.0909. The quantitative estimate of drug-likeness (QED) is 0.845. The zero-order chi connectivity index (χ0) is 17.1. The molecule has 0 unspecified atom stereocenters. The van der Waals surface area contributed by atoms with Crippen molar-refractivity contribution in [3.05, 3.63) is 60.2 Å². The average Bonchev–Trinajstić information content (AvgIpc) is 2.63. The molecule has 1 fully saturated rings. The third kappa shape index (κ3) is 3.13. The van der Waals surface area contributed by atoms with Gasteiger partial charge in [-0.15, -0.1) is 0 Å². The molecule has 6 heteroatoms. The molecular formula is C18H20N4O2. The second-order valence-electron chi connectivity index (χ2n) is 6.10. The fourth-order valence-corrected chi connectivity index (χ4v) is 3.00. The van der Waals surface area contributed by atoms with Crippen LogP contribution in [0.15, 0.2) is 49.1 Å². The first-order valence-corrected chi connectivity index (χ1v) is 8.00. The van der Waals surface area contributed by atoms with Crippen LogP contribution in [0.25, 0.3) is 0 Å². The van der Waals surface area contributed by atoms with E-state index in [9.17, 15) is 9.59 Å². The summed E-state index contributed by atoms with van der Waals surface area (Å²) in [6.45, 7) is 4.93. The minimum Gasteiger partial charge on any atom is -0.332 e. The number of amides is 2. The Balaban J connectivity index is 1.75. The van der Waals surface area contributed by atoms with E-state index in [4.69, 9.17) is 0 Å². The Bertz CT molecular complexity index is 657. The molecule has 6 nitrogen and oxygen atoms in total. The Labute approximate surface area is 141 Å². The molecule has 1 saturated heterocycles. The minimum atomic E-state index is -0.0606. The van der Waals surface area contributed by atoms with Crippen LogP contribution < -0.4 is 0 Å². The number of aromatic nitrogens is 2. The van der Waals surface area contributed by atoms with Gasteiger partial charge < -0.3 is 9.80 Å². The van der Waals surface area contributed by atoms with Crippen LogP contribution in [0.1, 0.15) is 34.6 Å². The van der Waals surface area contributed by atoms with E-state index in [1.807, 2.05) is 23.6 Å². The van der Waals surface area contributed by atoms with Crippen molar-refractivity contribution < 1.29 is 9.59 Å². The van der Waals surface area contributed by atoms with Crippen molar-refractivity contribution in [1.82, 2.24) is 19.8 Å². The zero-order valence-corrected chi connectivity index (χ0v) is 13.8. The van der Waals surface area contributed by atoms with Gasteiger partial charge >= 0.3 is 0 Å². The number of hydrogen-bond donors (Lipinski definition) is 0. The van der Waals surface area contributed by atoms with E-state index in [1.54, 1.807) is 49.1 Å². The first-order chi connectivity index (χ1) is 11.6. The Morgan fingerprint density at radius 2 is 1.29 bits per heavy atom. The van der Waals surface area contributed by atoms with E-state index in [2.05, 4.69) is 9.97 Å². The smallest absolute Gasteiger partial charge is 0.255 e. The van der Waals surface area contributed by atoms with Crippen molar-refractivity contribution in [3.63, 3.8) is 0 Å². The van der Waals surface area contributed by atoms with Gasteiger partial charge in [0.25, 0.3) is 11.8 Å². The molecule has 3 heterocycles. The highest BCUT2D eigenvalue weighted by molar-refractivity contribution is 5.96. The molecular weight excluding hydrogens is 304 g/mol. The fourth-order valence-electron chi connectivity index (χ4n) is 3.00. The summed E-state index contributed by atoms with van der Waals surface area (Å²) in [5.41, 5.74) is 1.15. The Morgan fingerprint density at radius 1 is 0.875 bits per heavy atom. The third-order valence-corrected chi connectivity index (χ3v) is 4.32. The first-order valence-electron chi connectivity index (χ1n) is 8.00. The van der Waals surface area contributed by atoms with Gasteiger partial charge in [0.2, 0.25) is 0 Å². The lowest BCUT2D eigenvalue weighted by molar-refractivity contribution is 0.0269. The molecule has 0 saturated carbocycles. The van der Waals surface area contributed by atoms with Gasteiger partial charge in [-0.1, -0.05) is 0 Å². The van der Waals surface area contributed by atoms with E-state index >= 15 is 0 Å². The molecule has 124 valence electrons. The molecule has 0 N–H and O–H groups in total. The van der Waals surface area contributed by atoms with Crippen LogP contribution >= 0.6 is 0 Å². The zero-order valence-electron chi connectivity index (χ0n) is 13.8. The van der Waals surface area contributed by atoms with Crippen LogP contribution in [-0.4, -0.2) is 56.8 Å².